The van der Waals surface area contributed by atoms with Crippen molar-refractivity contribution >= 4 is 42.3 Å². The van der Waals surface area contributed by atoms with Crippen molar-refractivity contribution in [2.24, 2.45) is 0 Å². The number of fused-ring (bicyclic) bond motifs is 1. The number of sulfonamides is 2. The number of hydrogen-bond acceptors (Lipinski definition) is 5. The van der Waals surface area contributed by atoms with Crippen molar-refractivity contribution < 1.29 is 25.6 Å². The summed E-state index contributed by atoms with van der Waals surface area (Å²) in [6.07, 6.45) is 1.17. The second kappa shape index (κ2) is 8.17. The molecule has 3 aromatic carbocycles. The molecular formula is C21H15F2N3O4S2. The van der Waals surface area contributed by atoms with E-state index in [1.54, 1.807) is 24.3 Å². The highest BCUT2D eigenvalue weighted by Gasteiger charge is 2.20. The molecule has 32 heavy (non-hydrogen) atoms. The van der Waals surface area contributed by atoms with Crippen LogP contribution in [0.15, 0.2) is 88.8 Å². The van der Waals surface area contributed by atoms with E-state index in [0.717, 1.165) is 48.5 Å². The quantitative estimate of drug-likeness (QED) is 0.437. The Morgan fingerprint density at radius 2 is 1.09 bits per heavy atom. The minimum absolute atomic E-state index is 0.0327. The molecule has 1 heterocycles. The summed E-state index contributed by atoms with van der Waals surface area (Å²) in [4.78, 5) is 3.77. The smallest absolute Gasteiger partial charge is 0.263 e. The van der Waals surface area contributed by atoms with Crippen LogP contribution in [0.4, 0.5) is 20.3 Å². The standard InChI is InChI=1S/C21H15F2N3O4S2/c22-14-5-9-16(10-6-14)31(27,28)25-20-13-24-21(19-4-2-1-3-18(19)20)26-32(29,30)17-11-7-15(23)8-12-17/h1-13,25H,(H,24,26). The Hall–Kier alpha value is -3.57. The highest BCUT2D eigenvalue weighted by molar-refractivity contribution is 7.93. The molecule has 0 fully saturated rings. The van der Waals surface area contributed by atoms with Gasteiger partial charge in [0, 0.05) is 10.8 Å². The molecule has 0 unspecified atom stereocenters. The van der Waals surface area contributed by atoms with Crippen LogP contribution in [-0.4, -0.2) is 21.8 Å². The fourth-order valence-corrected chi connectivity index (χ4v) is 5.07. The maximum atomic E-state index is 13.1. The summed E-state index contributed by atoms with van der Waals surface area (Å²) in [6.45, 7) is 0. The molecule has 0 aliphatic rings. The molecule has 1 aromatic heterocycles. The van der Waals surface area contributed by atoms with Crippen molar-refractivity contribution in [1.29, 1.82) is 0 Å². The molecule has 2 N–H and O–H groups in total. The van der Waals surface area contributed by atoms with Crippen LogP contribution in [0.1, 0.15) is 0 Å². The minimum Gasteiger partial charge on any atom is -0.277 e. The lowest BCUT2D eigenvalue weighted by atomic mass is 10.1. The molecule has 0 bridgehead atoms. The third kappa shape index (κ3) is 4.39. The van der Waals surface area contributed by atoms with Gasteiger partial charge in [0.2, 0.25) is 0 Å². The summed E-state index contributed by atoms with van der Waals surface area (Å²) in [6, 6.07) is 15.0. The molecule has 0 amide bonds. The van der Waals surface area contributed by atoms with Crippen molar-refractivity contribution in [1.82, 2.24) is 4.98 Å². The zero-order valence-electron chi connectivity index (χ0n) is 16.2. The zero-order chi connectivity index (χ0) is 22.9. The number of benzene rings is 3. The summed E-state index contributed by atoms with van der Waals surface area (Å²) < 4.78 is 81.7. The molecule has 0 atom stereocenters. The number of nitrogens with one attached hydrogen (secondary N) is 2. The number of rotatable bonds is 6. The molecule has 0 spiro atoms. The van der Waals surface area contributed by atoms with Crippen LogP contribution >= 0.6 is 0 Å². The molecule has 0 saturated carbocycles. The van der Waals surface area contributed by atoms with E-state index in [1.807, 2.05) is 0 Å². The molecule has 11 heteroatoms. The van der Waals surface area contributed by atoms with E-state index in [9.17, 15) is 25.6 Å². The topological polar surface area (TPSA) is 105 Å². The summed E-state index contributed by atoms with van der Waals surface area (Å²) in [5, 5.41) is 0.711. The van der Waals surface area contributed by atoms with E-state index >= 15 is 0 Å². The van der Waals surface area contributed by atoms with E-state index in [-0.39, 0.29) is 21.3 Å². The number of aromatic nitrogens is 1. The van der Waals surface area contributed by atoms with E-state index in [4.69, 9.17) is 0 Å². The van der Waals surface area contributed by atoms with Crippen LogP contribution in [-0.2, 0) is 20.0 Å². The Balaban J connectivity index is 1.72. The molecule has 0 aliphatic carbocycles. The maximum Gasteiger partial charge on any atom is 0.263 e. The van der Waals surface area contributed by atoms with E-state index in [0.29, 0.717) is 10.8 Å². The largest absolute Gasteiger partial charge is 0.277 e. The van der Waals surface area contributed by atoms with Gasteiger partial charge in [-0.1, -0.05) is 24.3 Å². The van der Waals surface area contributed by atoms with Gasteiger partial charge in [-0.15, -0.1) is 0 Å². The molecule has 0 radical (unpaired) electrons. The van der Waals surface area contributed by atoms with Crippen molar-refractivity contribution in [3.8, 4) is 0 Å². The van der Waals surface area contributed by atoms with Gasteiger partial charge in [0.1, 0.15) is 17.5 Å². The Bertz CT molecular complexity index is 1390. The Morgan fingerprint density at radius 1 is 0.625 bits per heavy atom. The predicted octanol–water partition coefficient (Wildman–Crippen LogP) is 4.11. The van der Waals surface area contributed by atoms with E-state index < -0.39 is 31.7 Å². The predicted molar refractivity (Wildman–Crippen MR) is 116 cm³/mol. The number of hydrogen-bond donors (Lipinski definition) is 2. The van der Waals surface area contributed by atoms with Crippen molar-refractivity contribution in [3.63, 3.8) is 0 Å². The number of anilines is 2. The third-order valence-electron chi connectivity index (χ3n) is 4.52. The number of nitrogens with zero attached hydrogens (tertiary/aromatic N) is 1. The van der Waals surface area contributed by atoms with Crippen LogP contribution < -0.4 is 9.44 Å². The van der Waals surface area contributed by atoms with Gasteiger partial charge >= 0.3 is 0 Å². The van der Waals surface area contributed by atoms with Crippen LogP contribution in [0.2, 0.25) is 0 Å². The highest BCUT2D eigenvalue weighted by Crippen LogP contribution is 2.30. The Morgan fingerprint density at radius 3 is 1.62 bits per heavy atom. The molecule has 0 aliphatic heterocycles. The van der Waals surface area contributed by atoms with Crippen LogP contribution in [0, 0.1) is 11.6 Å². The SMILES string of the molecule is O=S(=O)(Nc1cnc(NS(=O)(=O)c2ccc(F)cc2)c2ccccc12)c1ccc(F)cc1. The Kier molecular flexibility index (Phi) is 5.53. The molecular weight excluding hydrogens is 460 g/mol. The fourth-order valence-electron chi connectivity index (χ4n) is 2.97. The fraction of sp³-hybridized carbons (Fsp3) is 0. The van der Waals surface area contributed by atoms with Gasteiger partial charge in [0.05, 0.1) is 21.7 Å². The van der Waals surface area contributed by atoms with Gasteiger partial charge in [0.15, 0.2) is 0 Å². The van der Waals surface area contributed by atoms with Gasteiger partial charge in [-0.05, 0) is 48.5 Å². The van der Waals surface area contributed by atoms with Gasteiger partial charge in [0.25, 0.3) is 20.0 Å². The van der Waals surface area contributed by atoms with Crippen molar-refractivity contribution in [3.05, 3.63) is 90.6 Å². The molecule has 7 nitrogen and oxygen atoms in total. The summed E-state index contributed by atoms with van der Waals surface area (Å²) in [5.74, 6) is -1.19. The second-order valence-corrected chi connectivity index (χ2v) is 10.0. The first-order chi connectivity index (χ1) is 15.2. The zero-order valence-corrected chi connectivity index (χ0v) is 17.8. The van der Waals surface area contributed by atoms with Crippen LogP contribution in [0.25, 0.3) is 10.8 Å². The summed E-state index contributed by atoms with van der Waals surface area (Å²) >= 11 is 0. The first kappa shape index (κ1) is 21.7. The van der Waals surface area contributed by atoms with Gasteiger partial charge < -0.3 is 0 Å². The number of pyridine rings is 1. The maximum absolute atomic E-state index is 13.1. The summed E-state index contributed by atoms with van der Waals surface area (Å²) in [7, 11) is -8.12. The van der Waals surface area contributed by atoms with Crippen LogP contribution in [0.3, 0.4) is 0 Å². The number of halogens is 2. The normalized spacial score (nSPS) is 11.9. The minimum atomic E-state index is -4.07. The molecule has 164 valence electrons. The second-order valence-electron chi connectivity index (χ2n) is 6.68. The van der Waals surface area contributed by atoms with Crippen molar-refractivity contribution in [2.45, 2.75) is 9.79 Å². The molecule has 4 aromatic rings. The first-order valence-electron chi connectivity index (χ1n) is 9.10. The van der Waals surface area contributed by atoms with Crippen molar-refractivity contribution in [2.75, 3.05) is 9.44 Å². The lowest BCUT2D eigenvalue weighted by molar-refractivity contribution is 0.597. The Labute approximate surface area is 182 Å². The van der Waals surface area contributed by atoms with Crippen LogP contribution in [0.5, 0.6) is 0 Å². The van der Waals surface area contributed by atoms with Gasteiger partial charge in [-0.3, -0.25) is 9.44 Å². The highest BCUT2D eigenvalue weighted by atomic mass is 32.2. The molecule has 0 saturated heterocycles. The summed E-state index contributed by atoms with van der Waals surface area (Å²) in [5.41, 5.74) is 0.106. The lowest BCUT2D eigenvalue weighted by Crippen LogP contribution is -2.16. The first-order valence-corrected chi connectivity index (χ1v) is 12.1. The lowest BCUT2D eigenvalue weighted by Gasteiger charge is -2.14. The van der Waals surface area contributed by atoms with Gasteiger partial charge in [-0.2, -0.15) is 0 Å². The average Bonchev–Trinajstić information content (AvgIpc) is 2.76. The third-order valence-corrected chi connectivity index (χ3v) is 7.25. The van der Waals surface area contributed by atoms with E-state index in [2.05, 4.69) is 14.4 Å². The molecule has 4 rings (SSSR count). The van der Waals surface area contributed by atoms with Gasteiger partial charge in [-0.25, -0.2) is 30.6 Å². The van der Waals surface area contributed by atoms with E-state index in [1.165, 1.54) is 6.20 Å². The average molecular weight is 475 g/mol. The monoisotopic (exact) mass is 475 g/mol.